The summed E-state index contributed by atoms with van der Waals surface area (Å²) in [5.41, 5.74) is 0.532. The molecule has 1 atom stereocenters. The zero-order valence-corrected chi connectivity index (χ0v) is 13.2. The summed E-state index contributed by atoms with van der Waals surface area (Å²) in [5, 5.41) is 10.8. The molecule has 2 aromatic rings. The fourth-order valence-electron chi connectivity index (χ4n) is 1.79. The van der Waals surface area contributed by atoms with Gasteiger partial charge < -0.3 is 11.2 Å². The number of amides is 1. The Balaban J connectivity index is 2.13. The Labute approximate surface area is 132 Å². The minimum atomic E-state index is -0.373. The topological polar surface area (TPSA) is 85.8 Å². The molecule has 0 spiro atoms. The molecule has 1 heterocycles. The Hall–Kier alpha value is -2.09. The van der Waals surface area contributed by atoms with Crippen LogP contribution in [-0.4, -0.2) is 32.6 Å². The lowest BCUT2D eigenvalue weighted by atomic mass is 10.2. The molecule has 22 heavy (non-hydrogen) atoms. The highest BCUT2D eigenvalue weighted by molar-refractivity contribution is 8.00. The molecule has 0 bridgehead atoms. The van der Waals surface area contributed by atoms with Crippen LogP contribution in [0.4, 0.5) is 4.39 Å². The van der Waals surface area contributed by atoms with Gasteiger partial charge in [0.15, 0.2) is 5.82 Å². The van der Waals surface area contributed by atoms with Crippen molar-refractivity contribution >= 4 is 17.7 Å². The Morgan fingerprint density at radius 1 is 1.50 bits per heavy atom. The van der Waals surface area contributed by atoms with Gasteiger partial charge in [0.2, 0.25) is 11.1 Å². The number of carbonyl (C=O) groups is 1. The molecule has 8 heteroatoms. The van der Waals surface area contributed by atoms with Crippen LogP contribution in [0, 0.1) is 5.82 Å². The number of nitrogens with zero attached hydrogens (tertiary/aromatic N) is 3. The summed E-state index contributed by atoms with van der Waals surface area (Å²) in [5.74, 6) is 5.85. The van der Waals surface area contributed by atoms with Crippen molar-refractivity contribution < 1.29 is 9.18 Å². The molecule has 0 saturated heterocycles. The van der Waals surface area contributed by atoms with E-state index in [4.69, 9.17) is 5.84 Å². The molecular formula is C14H18FN5OS. The fourth-order valence-corrected chi connectivity index (χ4v) is 2.58. The number of nitrogens with two attached hydrogens (primary N) is 1. The van der Waals surface area contributed by atoms with Gasteiger partial charge in [-0.25, -0.2) is 9.07 Å². The van der Waals surface area contributed by atoms with Crippen molar-refractivity contribution in [3.05, 3.63) is 30.1 Å². The normalized spacial score (nSPS) is 12.1. The van der Waals surface area contributed by atoms with E-state index in [2.05, 4.69) is 15.5 Å². The van der Waals surface area contributed by atoms with Crippen LogP contribution in [0.3, 0.4) is 0 Å². The van der Waals surface area contributed by atoms with E-state index in [1.54, 1.807) is 19.1 Å². The molecule has 0 fully saturated rings. The lowest BCUT2D eigenvalue weighted by Crippen LogP contribution is -2.31. The van der Waals surface area contributed by atoms with Gasteiger partial charge in [0, 0.05) is 12.1 Å². The first-order valence-corrected chi connectivity index (χ1v) is 7.81. The molecule has 0 aliphatic rings. The third kappa shape index (κ3) is 3.76. The number of thioether (sulfide) groups is 1. The van der Waals surface area contributed by atoms with Gasteiger partial charge in [-0.2, -0.15) is 0 Å². The average molecular weight is 323 g/mol. The number of carbonyl (C=O) groups excluding carboxylic acids is 1. The summed E-state index contributed by atoms with van der Waals surface area (Å²) in [4.78, 5) is 11.9. The number of nitrogens with one attached hydrogen (secondary N) is 1. The number of nitrogen functional groups attached to an aromatic ring is 1. The molecule has 2 rings (SSSR count). The van der Waals surface area contributed by atoms with Crippen molar-refractivity contribution in [2.45, 2.75) is 30.7 Å². The highest BCUT2D eigenvalue weighted by Crippen LogP contribution is 2.25. The predicted molar refractivity (Wildman–Crippen MR) is 84.2 cm³/mol. The van der Waals surface area contributed by atoms with E-state index in [0.29, 0.717) is 23.1 Å². The molecule has 1 amide bonds. The summed E-state index contributed by atoms with van der Waals surface area (Å²) in [6.45, 7) is 4.39. The van der Waals surface area contributed by atoms with Gasteiger partial charge in [-0.1, -0.05) is 30.8 Å². The van der Waals surface area contributed by atoms with Crippen molar-refractivity contribution in [3.8, 4) is 11.4 Å². The summed E-state index contributed by atoms with van der Waals surface area (Å²) in [6, 6.07) is 5.95. The van der Waals surface area contributed by atoms with E-state index in [-0.39, 0.29) is 17.0 Å². The van der Waals surface area contributed by atoms with Gasteiger partial charge in [-0.05, 0) is 25.5 Å². The van der Waals surface area contributed by atoms with Gasteiger partial charge >= 0.3 is 0 Å². The summed E-state index contributed by atoms with van der Waals surface area (Å²) >= 11 is 1.21. The predicted octanol–water partition coefficient (Wildman–Crippen LogP) is 1.80. The third-order valence-corrected chi connectivity index (χ3v) is 4.00. The SMILES string of the molecule is CCCNC(=O)[C@@H](C)Sc1nnc(-c2cccc(F)c2)n1N. The second-order valence-corrected chi connectivity index (χ2v) is 6.05. The van der Waals surface area contributed by atoms with Crippen LogP contribution < -0.4 is 11.2 Å². The minimum absolute atomic E-state index is 0.0813. The lowest BCUT2D eigenvalue weighted by Gasteiger charge is -2.10. The van der Waals surface area contributed by atoms with Crippen LogP contribution in [0.25, 0.3) is 11.4 Å². The van der Waals surface area contributed by atoms with Crippen LogP contribution in [0.1, 0.15) is 20.3 Å². The van der Waals surface area contributed by atoms with E-state index in [0.717, 1.165) is 6.42 Å². The van der Waals surface area contributed by atoms with Gasteiger partial charge in [-0.3, -0.25) is 4.79 Å². The molecule has 118 valence electrons. The maximum Gasteiger partial charge on any atom is 0.233 e. The molecule has 3 N–H and O–H groups in total. The lowest BCUT2D eigenvalue weighted by molar-refractivity contribution is -0.120. The fraction of sp³-hybridized carbons (Fsp3) is 0.357. The first kappa shape index (κ1) is 16.3. The third-order valence-electron chi connectivity index (χ3n) is 2.95. The van der Waals surface area contributed by atoms with Crippen LogP contribution in [0.2, 0.25) is 0 Å². The van der Waals surface area contributed by atoms with Crippen LogP contribution in [-0.2, 0) is 4.79 Å². The molecule has 6 nitrogen and oxygen atoms in total. The number of benzene rings is 1. The molecule has 0 aliphatic heterocycles. The molecule has 1 aromatic carbocycles. The number of halogens is 1. The Bertz CT molecular complexity index is 660. The second kappa shape index (κ2) is 7.26. The van der Waals surface area contributed by atoms with Crippen LogP contribution in [0.15, 0.2) is 29.4 Å². The first-order chi connectivity index (χ1) is 10.5. The van der Waals surface area contributed by atoms with E-state index in [1.165, 1.54) is 28.6 Å². The van der Waals surface area contributed by atoms with Crippen molar-refractivity contribution in [1.82, 2.24) is 20.2 Å². The summed E-state index contributed by atoms with van der Waals surface area (Å²) in [6.07, 6.45) is 0.875. The molecule has 0 radical (unpaired) electrons. The van der Waals surface area contributed by atoms with E-state index < -0.39 is 0 Å². The largest absolute Gasteiger partial charge is 0.355 e. The van der Waals surface area contributed by atoms with Crippen LogP contribution >= 0.6 is 11.8 Å². The smallest absolute Gasteiger partial charge is 0.233 e. The number of hydrogen-bond donors (Lipinski definition) is 2. The second-order valence-electron chi connectivity index (χ2n) is 4.74. The number of rotatable bonds is 6. The van der Waals surface area contributed by atoms with Gasteiger partial charge in [0.05, 0.1) is 5.25 Å². The zero-order chi connectivity index (χ0) is 16.1. The van der Waals surface area contributed by atoms with Gasteiger partial charge in [0.1, 0.15) is 5.82 Å². The minimum Gasteiger partial charge on any atom is -0.355 e. The van der Waals surface area contributed by atoms with Crippen molar-refractivity contribution in [1.29, 1.82) is 0 Å². The van der Waals surface area contributed by atoms with Crippen LogP contribution in [0.5, 0.6) is 0 Å². The van der Waals surface area contributed by atoms with E-state index >= 15 is 0 Å². The zero-order valence-electron chi connectivity index (χ0n) is 12.4. The molecular weight excluding hydrogens is 305 g/mol. The molecule has 0 aliphatic carbocycles. The van der Waals surface area contributed by atoms with Gasteiger partial charge in [0.25, 0.3) is 0 Å². The Morgan fingerprint density at radius 3 is 2.95 bits per heavy atom. The highest BCUT2D eigenvalue weighted by Gasteiger charge is 2.19. The number of hydrogen-bond acceptors (Lipinski definition) is 5. The van der Waals surface area contributed by atoms with Gasteiger partial charge in [-0.15, -0.1) is 10.2 Å². The van der Waals surface area contributed by atoms with Crippen molar-refractivity contribution in [2.24, 2.45) is 0 Å². The molecule has 1 aromatic heterocycles. The monoisotopic (exact) mass is 323 g/mol. The standard InChI is InChI=1S/C14H18FN5OS/c1-3-7-17-13(21)9(2)22-14-19-18-12(20(14)16)10-5-4-6-11(15)8-10/h4-6,8-9H,3,7,16H2,1-2H3,(H,17,21)/t9-/m1/s1. The maximum absolute atomic E-state index is 13.3. The average Bonchev–Trinajstić information content (AvgIpc) is 2.86. The summed E-state index contributed by atoms with van der Waals surface area (Å²) in [7, 11) is 0. The Kier molecular flexibility index (Phi) is 5.37. The summed E-state index contributed by atoms with van der Waals surface area (Å²) < 4.78 is 14.5. The Morgan fingerprint density at radius 2 is 2.27 bits per heavy atom. The maximum atomic E-state index is 13.3. The van der Waals surface area contributed by atoms with E-state index in [9.17, 15) is 9.18 Å². The molecule has 0 saturated carbocycles. The number of aromatic nitrogens is 3. The first-order valence-electron chi connectivity index (χ1n) is 6.93. The quantitative estimate of drug-likeness (QED) is 0.625. The molecule has 0 unspecified atom stereocenters. The van der Waals surface area contributed by atoms with E-state index in [1.807, 2.05) is 6.92 Å². The van der Waals surface area contributed by atoms with Crippen molar-refractivity contribution in [2.75, 3.05) is 12.4 Å². The van der Waals surface area contributed by atoms with Crippen molar-refractivity contribution in [3.63, 3.8) is 0 Å². The highest BCUT2D eigenvalue weighted by atomic mass is 32.2.